The molecule has 0 unspecified atom stereocenters. The van der Waals surface area contributed by atoms with E-state index in [0.717, 1.165) is 16.7 Å². The summed E-state index contributed by atoms with van der Waals surface area (Å²) < 4.78 is 11.7. The summed E-state index contributed by atoms with van der Waals surface area (Å²) in [4.78, 5) is 24.2. The van der Waals surface area contributed by atoms with Gasteiger partial charge in [0.25, 0.3) is 5.91 Å². The number of methoxy groups -OCH3 is 1. The third-order valence-corrected chi connectivity index (χ3v) is 5.70. The molecular formula is C29H26N2O5. The van der Waals surface area contributed by atoms with E-state index in [9.17, 15) is 9.59 Å². The molecule has 0 saturated heterocycles. The van der Waals surface area contributed by atoms with Crippen molar-refractivity contribution >= 4 is 29.4 Å². The van der Waals surface area contributed by atoms with Gasteiger partial charge in [0.05, 0.1) is 29.6 Å². The number of hydrazone groups is 1. The van der Waals surface area contributed by atoms with Gasteiger partial charge in [-0.05, 0) is 66.9 Å². The van der Waals surface area contributed by atoms with Crippen molar-refractivity contribution in [1.82, 2.24) is 0 Å². The van der Waals surface area contributed by atoms with Crippen molar-refractivity contribution in [2.75, 3.05) is 12.1 Å². The van der Waals surface area contributed by atoms with Gasteiger partial charge in [0.1, 0.15) is 6.61 Å². The Morgan fingerprint density at radius 2 is 1.83 bits per heavy atom. The van der Waals surface area contributed by atoms with Gasteiger partial charge in [-0.3, -0.25) is 4.79 Å². The third kappa shape index (κ3) is 5.20. The van der Waals surface area contributed by atoms with Crippen molar-refractivity contribution < 1.29 is 24.2 Å². The lowest BCUT2D eigenvalue weighted by molar-refractivity contribution is -0.114. The normalized spacial score (nSPS) is 14.1. The Labute approximate surface area is 209 Å². The van der Waals surface area contributed by atoms with E-state index < -0.39 is 5.97 Å². The number of para-hydroxylation sites is 1. The largest absolute Gasteiger partial charge is 0.493 e. The predicted octanol–water partition coefficient (Wildman–Crippen LogP) is 5.51. The van der Waals surface area contributed by atoms with Crippen molar-refractivity contribution in [3.8, 4) is 11.5 Å². The highest BCUT2D eigenvalue weighted by molar-refractivity contribution is 6.32. The second kappa shape index (κ2) is 10.7. The summed E-state index contributed by atoms with van der Waals surface area (Å²) >= 11 is 0. The van der Waals surface area contributed by atoms with E-state index in [1.165, 1.54) is 5.01 Å². The number of allylic oxidation sites excluding steroid dienone is 1. The monoisotopic (exact) mass is 482 g/mol. The average Bonchev–Trinajstić information content (AvgIpc) is 3.17. The maximum Gasteiger partial charge on any atom is 0.335 e. The van der Waals surface area contributed by atoms with Crippen LogP contribution in [0.2, 0.25) is 0 Å². The highest BCUT2D eigenvalue weighted by Gasteiger charge is 2.28. The molecule has 0 bridgehead atoms. The summed E-state index contributed by atoms with van der Waals surface area (Å²) in [5.41, 5.74) is 4.48. The van der Waals surface area contributed by atoms with Crippen molar-refractivity contribution in [1.29, 1.82) is 0 Å². The number of hydrogen-bond donors (Lipinski definition) is 1. The predicted molar refractivity (Wildman–Crippen MR) is 140 cm³/mol. The summed E-state index contributed by atoms with van der Waals surface area (Å²) in [5.74, 6) is -0.0951. The first-order valence-electron chi connectivity index (χ1n) is 11.3. The Hall–Kier alpha value is -4.65. The van der Waals surface area contributed by atoms with Crippen molar-refractivity contribution in [2.45, 2.75) is 20.0 Å². The number of aromatic carboxylic acids is 1. The maximum absolute atomic E-state index is 13.1. The van der Waals surface area contributed by atoms with Crippen LogP contribution in [0.25, 0.3) is 6.08 Å². The summed E-state index contributed by atoms with van der Waals surface area (Å²) in [6.07, 6.45) is 4.09. The molecule has 0 aliphatic carbocycles. The molecule has 3 aromatic carbocycles. The van der Waals surface area contributed by atoms with Gasteiger partial charge in [0, 0.05) is 5.56 Å². The standard InChI is InChI=1S/C29H26N2O5/c1-4-8-23-15-21(16-25-19(2)30-31(28(25)32)24-9-6-5-7-10-24)17-26(35-3)27(23)36-18-20-11-13-22(14-12-20)29(33)34/h4-7,9-17H,1,8,18H2,2-3H3,(H,33,34)/b25-16+. The first kappa shape index (κ1) is 24.5. The van der Waals surface area contributed by atoms with Crippen LogP contribution in [0.15, 0.2) is 90.1 Å². The first-order valence-corrected chi connectivity index (χ1v) is 11.3. The zero-order valence-corrected chi connectivity index (χ0v) is 20.1. The highest BCUT2D eigenvalue weighted by Crippen LogP contribution is 2.35. The minimum Gasteiger partial charge on any atom is -0.493 e. The maximum atomic E-state index is 13.1. The summed E-state index contributed by atoms with van der Waals surface area (Å²) in [7, 11) is 1.56. The number of benzene rings is 3. The zero-order chi connectivity index (χ0) is 25.7. The van der Waals surface area contributed by atoms with Crippen LogP contribution >= 0.6 is 0 Å². The fraction of sp³-hybridized carbons (Fsp3) is 0.138. The van der Waals surface area contributed by atoms with Crippen LogP contribution in [-0.4, -0.2) is 29.8 Å². The quantitative estimate of drug-likeness (QED) is 0.321. The number of ether oxygens (including phenoxy) is 2. The molecule has 1 heterocycles. The average molecular weight is 483 g/mol. The molecular weight excluding hydrogens is 456 g/mol. The van der Waals surface area contributed by atoms with Crippen LogP contribution in [0, 0.1) is 0 Å². The molecule has 1 aliphatic heterocycles. The topological polar surface area (TPSA) is 88.4 Å². The van der Waals surface area contributed by atoms with Gasteiger partial charge in [-0.15, -0.1) is 6.58 Å². The fourth-order valence-electron chi connectivity index (χ4n) is 3.88. The molecule has 1 aliphatic rings. The summed E-state index contributed by atoms with van der Waals surface area (Å²) in [6.45, 7) is 5.89. The van der Waals surface area contributed by atoms with E-state index in [2.05, 4.69) is 11.7 Å². The van der Waals surface area contributed by atoms with E-state index in [1.807, 2.05) is 49.4 Å². The van der Waals surface area contributed by atoms with Crippen LogP contribution in [-0.2, 0) is 17.8 Å². The third-order valence-electron chi connectivity index (χ3n) is 5.70. The molecule has 7 nitrogen and oxygen atoms in total. The molecule has 0 atom stereocenters. The van der Waals surface area contributed by atoms with Gasteiger partial charge in [0.2, 0.25) is 0 Å². The number of carbonyl (C=O) groups excluding carboxylic acids is 1. The van der Waals surface area contributed by atoms with Gasteiger partial charge in [-0.1, -0.05) is 36.4 Å². The zero-order valence-electron chi connectivity index (χ0n) is 20.1. The summed E-state index contributed by atoms with van der Waals surface area (Å²) in [6, 6.07) is 19.6. The highest BCUT2D eigenvalue weighted by atomic mass is 16.5. The Balaban J connectivity index is 1.62. The van der Waals surface area contributed by atoms with Gasteiger partial charge in [0.15, 0.2) is 11.5 Å². The number of carbonyl (C=O) groups is 2. The Kier molecular flexibility index (Phi) is 7.30. The van der Waals surface area contributed by atoms with Gasteiger partial charge in [-0.2, -0.15) is 10.1 Å². The van der Waals surface area contributed by atoms with Crippen LogP contribution < -0.4 is 14.5 Å². The number of rotatable bonds is 9. The number of anilines is 1. The lowest BCUT2D eigenvalue weighted by Crippen LogP contribution is -2.21. The van der Waals surface area contributed by atoms with Crippen molar-refractivity contribution in [2.24, 2.45) is 5.10 Å². The number of carboxylic acids is 1. The van der Waals surface area contributed by atoms with Crippen LogP contribution in [0.5, 0.6) is 11.5 Å². The van der Waals surface area contributed by atoms with Crippen molar-refractivity contribution in [3.05, 3.63) is 107 Å². The van der Waals surface area contributed by atoms with Gasteiger partial charge in [-0.25, -0.2) is 4.79 Å². The minimum atomic E-state index is -0.977. The van der Waals surface area contributed by atoms with Crippen molar-refractivity contribution in [3.63, 3.8) is 0 Å². The molecule has 1 amide bonds. The van der Waals surface area contributed by atoms with Gasteiger partial charge < -0.3 is 14.6 Å². The van der Waals surface area contributed by atoms with Crippen LogP contribution in [0.3, 0.4) is 0 Å². The lowest BCUT2D eigenvalue weighted by atomic mass is 10.0. The second-order valence-electron chi connectivity index (χ2n) is 8.19. The minimum absolute atomic E-state index is 0.201. The van der Waals surface area contributed by atoms with E-state index in [1.54, 1.807) is 43.5 Å². The van der Waals surface area contributed by atoms with Crippen LogP contribution in [0.4, 0.5) is 5.69 Å². The molecule has 7 heteroatoms. The number of carboxylic acid groups (broad SMARTS) is 1. The second-order valence-corrected chi connectivity index (χ2v) is 8.19. The van der Waals surface area contributed by atoms with E-state index in [4.69, 9.17) is 14.6 Å². The number of hydrogen-bond acceptors (Lipinski definition) is 5. The number of amides is 1. The van der Waals surface area contributed by atoms with E-state index in [-0.39, 0.29) is 18.1 Å². The van der Waals surface area contributed by atoms with Gasteiger partial charge >= 0.3 is 5.97 Å². The molecule has 182 valence electrons. The Morgan fingerprint density at radius 3 is 2.47 bits per heavy atom. The molecule has 4 rings (SSSR count). The smallest absolute Gasteiger partial charge is 0.335 e. The molecule has 0 radical (unpaired) electrons. The molecule has 0 spiro atoms. The molecule has 0 aromatic heterocycles. The SMILES string of the molecule is C=CCc1cc(/C=C2/C(=O)N(c3ccccc3)N=C2C)cc(OC)c1OCc1ccc(C(=O)O)cc1. The molecule has 0 saturated carbocycles. The Morgan fingerprint density at radius 1 is 1.11 bits per heavy atom. The van der Waals surface area contributed by atoms with E-state index >= 15 is 0 Å². The lowest BCUT2D eigenvalue weighted by Gasteiger charge is -2.16. The molecule has 0 fully saturated rings. The number of nitrogens with zero attached hydrogens (tertiary/aromatic N) is 2. The first-order chi connectivity index (χ1) is 17.4. The Bertz CT molecular complexity index is 1360. The van der Waals surface area contributed by atoms with Crippen LogP contribution in [0.1, 0.15) is 34.0 Å². The molecule has 1 N–H and O–H groups in total. The summed E-state index contributed by atoms with van der Waals surface area (Å²) in [5, 5.41) is 14.9. The molecule has 3 aromatic rings. The molecule has 36 heavy (non-hydrogen) atoms. The van der Waals surface area contributed by atoms with E-state index in [0.29, 0.717) is 34.9 Å². The fourth-order valence-corrected chi connectivity index (χ4v) is 3.88.